The summed E-state index contributed by atoms with van der Waals surface area (Å²) in [6.07, 6.45) is 1.93. The Kier molecular flexibility index (Phi) is 2.45. The van der Waals surface area contributed by atoms with Crippen molar-refractivity contribution >= 4 is 0 Å². The normalized spacial score (nSPS) is 10.7. The zero-order valence-corrected chi connectivity index (χ0v) is 10.00. The molecule has 0 radical (unpaired) electrons. The van der Waals surface area contributed by atoms with Gasteiger partial charge in [-0.05, 0) is 18.2 Å². The maximum atomic E-state index is 12.0. The number of nitrogens with zero attached hydrogens (tertiary/aromatic N) is 2. The highest BCUT2D eigenvalue weighted by molar-refractivity contribution is 5.69. The average molecular weight is 236 g/mol. The molecule has 0 bridgehead atoms. The lowest BCUT2D eigenvalue weighted by Crippen LogP contribution is -2.14. The van der Waals surface area contributed by atoms with E-state index in [1.54, 1.807) is 6.07 Å². The van der Waals surface area contributed by atoms with Gasteiger partial charge in [-0.25, -0.2) is 4.98 Å². The van der Waals surface area contributed by atoms with Crippen molar-refractivity contribution in [2.24, 2.45) is 7.05 Å². The lowest BCUT2D eigenvalue weighted by Gasteiger charge is -2.11. The fourth-order valence-electron chi connectivity index (χ4n) is 2.07. The first-order valence-corrected chi connectivity index (χ1v) is 5.77. The molecule has 0 fully saturated rings. The van der Waals surface area contributed by atoms with Gasteiger partial charge in [-0.2, -0.15) is 0 Å². The molecule has 3 rings (SSSR count). The summed E-state index contributed by atoms with van der Waals surface area (Å²) in [5.74, 6) is 0. The molecule has 0 atom stereocenters. The van der Waals surface area contributed by atoms with Crippen LogP contribution in [-0.4, -0.2) is 9.55 Å². The number of hydrogen-bond acceptors (Lipinski definition) is 2. The van der Waals surface area contributed by atoms with Gasteiger partial charge in [-0.1, -0.05) is 30.3 Å². The molecule has 0 saturated carbocycles. The van der Waals surface area contributed by atoms with E-state index in [0.29, 0.717) is 5.56 Å². The van der Waals surface area contributed by atoms with Gasteiger partial charge in [-0.15, -0.1) is 0 Å². The van der Waals surface area contributed by atoms with E-state index in [9.17, 15) is 4.79 Å². The third-order valence-corrected chi connectivity index (χ3v) is 3.02. The maximum absolute atomic E-state index is 12.0. The molecule has 3 heteroatoms. The van der Waals surface area contributed by atoms with E-state index in [1.165, 1.54) is 0 Å². The summed E-state index contributed by atoms with van der Waals surface area (Å²) in [6, 6.07) is 15.3. The standard InChI is InChI=1S/C15H12N2O/c1-17-9-5-8-12-14(17)10-13(16-15(12)18)11-6-3-2-4-7-11/h2-10H,1H3. The molecule has 18 heavy (non-hydrogen) atoms. The Morgan fingerprint density at radius 3 is 2.61 bits per heavy atom. The summed E-state index contributed by atoms with van der Waals surface area (Å²) in [7, 11) is 1.93. The molecule has 0 N–H and O–H groups in total. The zero-order chi connectivity index (χ0) is 12.5. The minimum atomic E-state index is -0.178. The molecule has 1 aromatic rings. The molecule has 1 aromatic carbocycles. The number of aromatic nitrogens is 2. The van der Waals surface area contributed by atoms with Crippen molar-refractivity contribution in [2.75, 3.05) is 0 Å². The van der Waals surface area contributed by atoms with Crippen molar-refractivity contribution in [3.63, 3.8) is 0 Å². The number of aryl methyl sites for hydroxylation is 1. The quantitative estimate of drug-likeness (QED) is 0.650. The van der Waals surface area contributed by atoms with Crippen molar-refractivity contribution < 1.29 is 0 Å². The van der Waals surface area contributed by atoms with Crippen molar-refractivity contribution in [1.29, 1.82) is 0 Å². The van der Waals surface area contributed by atoms with E-state index in [0.717, 1.165) is 17.0 Å². The van der Waals surface area contributed by atoms with Crippen LogP contribution in [0.2, 0.25) is 0 Å². The fourth-order valence-corrected chi connectivity index (χ4v) is 2.07. The van der Waals surface area contributed by atoms with Crippen molar-refractivity contribution in [3.8, 4) is 22.5 Å². The van der Waals surface area contributed by atoms with Crippen LogP contribution in [0, 0.1) is 0 Å². The number of benzene rings is 1. The summed E-state index contributed by atoms with van der Waals surface area (Å²) < 4.78 is 1.94. The maximum Gasteiger partial charge on any atom is 0.279 e. The number of hydrogen-bond donors (Lipinski definition) is 0. The third-order valence-electron chi connectivity index (χ3n) is 3.02. The second kappa shape index (κ2) is 4.11. The summed E-state index contributed by atoms with van der Waals surface area (Å²) in [6.45, 7) is 0. The monoisotopic (exact) mass is 236 g/mol. The Labute approximate surface area is 105 Å². The SMILES string of the molecule is Cn1cccc2c(=O)nc(-c3ccccc3)cc1-2. The predicted molar refractivity (Wildman–Crippen MR) is 71.5 cm³/mol. The Morgan fingerprint density at radius 2 is 1.83 bits per heavy atom. The number of fused-ring (bicyclic) bond motifs is 1. The highest BCUT2D eigenvalue weighted by Crippen LogP contribution is 2.22. The van der Waals surface area contributed by atoms with Crippen molar-refractivity contribution in [1.82, 2.24) is 9.55 Å². The molecule has 2 aliphatic heterocycles. The zero-order valence-electron chi connectivity index (χ0n) is 10.00. The van der Waals surface area contributed by atoms with Crippen LogP contribution < -0.4 is 5.56 Å². The molecule has 3 nitrogen and oxygen atoms in total. The fraction of sp³-hybridized carbons (Fsp3) is 0.0667. The van der Waals surface area contributed by atoms with Gasteiger partial charge < -0.3 is 4.57 Å². The molecule has 0 aliphatic carbocycles. The summed E-state index contributed by atoms with van der Waals surface area (Å²) >= 11 is 0. The van der Waals surface area contributed by atoms with E-state index in [-0.39, 0.29) is 5.56 Å². The molecule has 0 saturated heterocycles. The predicted octanol–water partition coefficient (Wildman–Crippen LogP) is 2.55. The van der Waals surface area contributed by atoms with E-state index in [2.05, 4.69) is 4.98 Å². The van der Waals surface area contributed by atoms with E-state index in [1.807, 2.05) is 60.3 Å². The lowest BCUT2D eigenvalue weighted by molar-refractivity contribution is 0.906. The molecule has 0 spiro atoms. The van der Waals surface area contributed by atoms with Crippen LogP contribution in [-0.2, 0) is 7.05 Å². The molecule has 0 amide bonds. The lowest BCUT2D eigenvalue weighted by atomic mass is 10.1. The minimum Gasteiger partial charge on any atom is -0.350 e. The Morgan fingerprint density at radius 1 is 1.06 bits per heavy atom. The van der Waals surface area contributed by atoms with Gasteiger partial charge in [0, 0.05) is 18.8 Å². The molecule has 88 valence electrons. The van der Waals surface area contributed by atoms with Gasteiger partial charge in [0.2, 0.25) is 0 Å². The largest absolute Gasteiger partial charge is 0.350 e. The van der Waals surface area contributed by atoms with Crippen LogP contribution in [0.15, 0.2) is 59.5 Å². The van der Waals surface area contributed by atoms with Crippen LogP contribution in [0.5, 0.6) is 0 Å². The van der Waals surface area contributed by atoms with E-state index >= 15 is 0 Å². The van der Waals surface area contributed by atoms with Crippen LogP contribution >= 0.6 is 0 Å². The highest BCUT2D eigenvalue weighted by Gasteiger charge is 2.11. The molecule has 2 heterocycles. The first kappa shape index (κ1) is 10.7. The van der Waals surface area contributed by atoms with Crippen molar-refractivity contribution in [2.45, 2.75) is 0 Å². The molecule has 0 unspecified atom stereocenters. The molecular weight excluding hydrogens is 224 g/mol. The van der Waals surface area contributed by atoms with Crippen molar-refractivity contribution in [3.05, 3.63) is 65.1 Å². The molecule has 0 aromatic heterocycles. The second-order valence-electron chi connectivity index (χ2n) is 4.23. The van der Waals surface area contributed by atoms with Crippen LogP contribution in [0.3, 0.4) is 0 Å². The first-order valence-electron chi connectivity index (χ1n) is 5.77. The average Bonchev–Trinajstić information content (AvgIpc) is 2.41. The third kappa shape index (κ3) is 1.70. The number of rotatable bonds is 1. The van der Waals surface area contributed by atoms with Crippen LogP contribution in [0.1, 0.15) is 0 Å². The Balaban J connectivity index is 2.31. The van der Waals surface area contributed by atoms with Gasteiger partial charge in [0.15, 0.2) is 0 Å². The van der Waals surface area contributed by atoms with Gasteiger partial charge in [0.1, 0.15) is 0 Å². The number of pyridine rings is 2. The first-order chi connectivity index (χ1) is 8.75. The van der Waals surface area contributed by atoms with Gasteiger partial charge in [-0.3, -0.25) is 4.79 Å². The van der Waals surface area contributed by atoms with Gasteiger partial charge in [0.05, 0.1) is 17.0 Å². The van der Waals surface area contributed by atoms with Crippen LogP contribution in [0.25, 0.3) is 22.5 Å². The topological polar surface area (TPSA) is 34.9 Å². The summed E-state index contributed by atoms with van der Waals surface area (Å²) in [4.78, 5) is 16.1. The Bertz CT molecular complexity index is 716. The summed E-state index contributed by atoms with van der Waals surface area (Å²) in [5.41, 5.74) is 3.05. The summed E-state index contributed by atoms with van der Waals surface area (Å²) in [5, 5.41) is 0. The van der Waals surface area contributed by atoms with Gasteiger partial charge in [0.25, 0.3) is 5.56 Å². The Hall–Kier alpha value is -2.42. The molecule has 2 aliphatic rings. The van der Waals surface area contributed by atoms with Gasteiger partial charge >= 0.3 is 0 Å². The van der Waals surface area contributed by atoms with Crippen LogP contribution in [0.4, 0.5) is 0 Å². The second-order valence-corrected chi connectivity index (χ2v) is 4.23. The minimum absolute atomic E-state index is 0.178. The smallest absolute Gasteiger partial charge is 0.279 e. The highest BCUT2D eigenvalue weighted by atomic mass is 16.1. The van der Waals surface area contributed by atoms with E-state index in [4.69, 9.17) is 0 Å². The van der Waals surface area contributed by atoms with E-state index < -0.39 is 0 Å². The molecular formula is C15H12N2O.